The number of piperidine rings is 2. The van der Waals surface area contributed by atoms with Crippen molar-refractivity contribution in [1.82, 2.24) is 20.1 Å². The second-order valence-corrected chi connectivity index (χ2v) is 9.87. The SMILES string of the molecule is C[C@H]1CCCCN1CCCNC(=O)CC1CCN(C(=O)c2cc3cc(Cl)ccc3[nH]2)CC1. The van der Waals surface area contributed by atoms with E-state index in [9.17, 15) is 9.59 Å². The zero-order valence-electron chi connectivity index (χ0n) is 19.0. The second-order valence-electron chi connectivity index (χ2n) is 9.44. The van der Waals surface area contributed by atoms with Crippen LogP contribution < -0.4 is 5.32 Å². The molecule has 2 amide bonds. The summed E-state index contributed by atoms with van der Waals surface area (Å²) in [6.07, 6.45) is 7.25. The molecule has 1 aromatic heterocycles. The number of amides is 2. The van der Waals surface area contributed by atoms with Crippen LogP contribution in [0.25, 0.3) is 10.9 Å². The molecule has 0 bridgehead atoms. The van der Waals surface area contributed by atoms with Crippen LogP contribution in [0, 0.1) is 5.92 Å². The van der Waals surface area contributed by atoms with Gasteiger partial charge in [-0.05, 0) is 75.8 Å². The normalized spacial score (nSPS) is 20.6. The van der Waals surface area contributed by atoms with Crippen LogP contribution in [-0.2, 0) is 4.79 Å². The Morgan fingerprint density at radius 3 is 2.72 bits per heavy atom. The molecule has 2 aromatic rings. The summed E-state index contributed by atoms with van der Waals surface area (Å²) in [5, 5.41) is 4.71. The molecule has 7 heteroatoms. The number of hydrogen-bond acceptors (Lipinski definition) is 3. The van der Waals surface area contributed by atoms with Gasteiger partial charge in [0.2, 0.25) is 5.91 Å². The number of nitrogens with one attached hydrogen (secondary N) is 2. The van der Waals surface area contributed by atoms with E-state index >= 15 is 0 Å². The number of fused-ring (bicyclic) bond motifs is 1. The van der Waals surface area contributed by atoms with Gasteiger partial charge in [-0.1, -0.05) is 18.0 Å². The van der Waals surface area contributed by atoms with Gasteiger partial charge in [0.1, 0.15) is 5.69 Å². The van der Waals surface area contributed by atoms with Crippen molar-refractivity contribution in [3.05, 3.63) is 35.0 Å². The summed E-state index contributed by atoms with van der Waals surface area (Å²) in [4.78, 5) is 32.9. The third kappa shape index (κ3) is 5.84. The minimum Gasteiger partial charge on any atom is -0.356 e. The van der Waals surface area contributed by atoms with Gasteiger partial charge in [0.05, 0.1) is 0 Å². The van der Waals surface area contributed by atoms with Crippen LogP contribution in [0.15, 0.2) is 24.3 Å². The summed E-state index contributed by atoms with van der Waals surface area (Å²) >= 11 is 6.05. The Hall–Kier alpha value is -2.05. The molecule has 174 valence electrons. The van der Waals surface area contributed by atoms with Crippen LogP contribution in [0.4, 0.5) is 0 Å². The number of hydrogen-bond donors (Lipinski definition) is 2. The Morgan fingerprint density at radius 1 is 1.12 bits per heavy atom. The van der Waals surface area contributed by atoms with E-state index in [4.69, 9.17) is 11.6 Å². The Morgan fingerprint density at radius 2 is 1.94 bits per heavy atom. The fourth-order valence-corrected chi connectivity index (χ4v) is 5.24. The maximum Gasteiger partial charge on any atom is 0.270 e. The van der Waals surface area contributed by atoms with Gasteiger partial charge in [-0.2, -0.15) is 0 Å². The van der Waals surface area contributed by atoms with Gasteiger partial charge in [-0.15, -0.1) is 0 Å². The lowest BCUT2D eigenvalue weighted by molar-refractivity contribution is -0.122. The minimum atomic E-state index is 0.0205. The number of nitrogens with zero attached hydrogens (tertiary/aromatic N) is 2. The highest BCUT2D eigenvalue weighted by molar-refractivity contribution is 6.31. The van der Waals surface area contributed by atoms with Gasteiger partial charge in [-0.3, -0.25) is 9.59 Å². The van der Waals surface area contributed by atoms with Crippen molar-refractivity contribution in [1.29, 1.82) is 0 Å². The Kier molecular flexibility index (Phi) is 7.74. The Balaban J connectivity index is 1.16. The van der Waals surface area contributed by atoms with Gasteiger partial charge in [0.25, 0.3) is 5.91 Å². The van der Waals surface area contributed by atoms with Crippen LogP contribution in [0.3, 0.4) is 0 Å². The van der Waals surface area contributed by atoms with E-state index in [1.165, 1.54) is 25.8 Å². The molecule has 6 nitrogen and oxygen atoms in total. The Labute approximate surface area is 195 Å². The predicted molar refractivity (Wildman–Crippen MR) is 129 cm³/mol. The lowest BCUT2D eigenvalue weighted by Gasteiger charge is -2.33. The van der Waals surface area contributed by atoms with Crippen molar-refractivity contribution >= 4 is 34.3 Å². The second kappa shape index (κ2) is 10.7. The number of H-pyrrole nitrogens is 1. The van der Waals surface area contributed by atoms with Crippen molar-refractivity contribution in [2.45, 2.75) is 57.9 Å². The lowest BCUT2D eigenvalue weighted by Crippen LogP contribution is -2.40. The molecule has 1 aromatic carbocycles. The molecule has 2 saturated heterocycles. The topological polar surface area (TPSA) is 68.4 Å². The summed E-state index contributed by atoms with van der Waals surface area (Å²) in [6.45, 7) is 6.71. The van der Waals surface area contributed by atoms with E-state index < -0.39 is 0 Å². The molecule has 0 radical (unpaired) electrons. The molecule has 2 N–H and O–H groups in total. The first-order valence-electron chi connectivity index (χ1n) is 12.1. The first-order valence-corrected chi connectivity index (χ1v) is 12.5. The van der Waals surface area contributed by atoms with Gasteiger partial charge in [-0.25, -0.2) is 0 Å². The highest BCUT2D eigenvalue weighted by Crippen LogP contribution is 2.24. The molecule has 0 unspecified atom stereocenters. The Bertz CT molecular complexity index is 935. The van der Waals surface area contributed by atoms with Gasteiger partial charge in [0.15, 0.2) is 0 Å². The third-order valence-electron chi connectivity index (χ3n) is 7.07. The van der Waals surface area contributed by atoms with E-state index in [0.717, 1.165) is 43.3 Å². The molecular weight excluding hydrogens is 424 g/mol. The molecule has 2 fully saturated rings. The standard InChI is InChI=1S/C25H35ClN4O2/c1-18-5-2-3-11-29(18)12-4-10-27-24(31)15-19-8-13-30(14-9-19)25(32)23-17-20-16-21(26)6-7-22(20)28-23/h6-7,16-19,28H,2-5,8-15H2,1H3,(H,27,31)/t18-/m0/s1. The summed E-state index contributed by atoms with van der Waals surface area (Å²) in [5.41, 5.74) is 1.51. The maximum atomic E-state index is 12.9. The van der Waals surface area contributed by atoms with E-state index in [1.54, 1.807) is 0 Å². The zero-order valence-corrected chi connectivity index (χ0v) is 19.8. The number of aromatic amines is 1. The average molecular weight is 459 g/mol. The lowest BCUT2D eigenvalue weighted by atomic mass is 9.93. The van der Waals surface area contributed by atoms with Crippen molar-refractivity contribution in [3.8, 4) is 0 Å². The van der Waals surface area contributed by atoms with Crippen molar-refractivity contribution in [3.63, 3.8) is 0 Å². The largest absolute Gasteiger partial charge is 0.356 e. The van der Waals surface area contributed by atoms with Crippen molar-refractivity contribution < 1.29 is 9.59 Å². The smallest absolute Gasteiger partial charge is 0.270 e. The number of likely N-dealkylation sites (tertiary alicyclic amines) is 2. The molecule has 0 spiro atoms. The van der Waals surface area contributed by atoms with Crippen LogP contribution in [-0.4, -0.2) is 65.4 Å². The number of benzene rings is 1. The molecule has 2 aliphatic rings. The fraction of sp³-hybridized carbons (Fsp3) is 0.600. The highest BCUT2D eigenvalue weighted by atomic mass is 35.5. The summed E-state index contributed by atoms with van der Waals surface area (Å²) < 4.78 is 0. The third-order valence-corrected chi connectivity index (χ3v) is 7.31. The summed E-state index contributed by atoms with van der Waals surface area (Å²) in [6, 6.07) is 8.12. The molecule has 1 atom stereocenters. The van der Waals surface area contributed by atoms with Crippen LogP contribution in [0.1, 0.15) is 62.4 Å². The minimum absolute atomic E-state index is 0.0205. The number of carbonyl (C=O) groups excluding carboxylic acids is 2. The summed E-state index contributed by atoms with van der Waals surface area (Å²) in [5.74, 6) is 0.517. The van der Waals surface area contributed by atoms with E-state index in [0.29, 0.717) is 42.2 Å². The van der Waals surface area contributed by atoms with Crippen molar-refractivity contribution in [2.24, 2.45) is 5.92 Å². The first kappa shape index (κ1) is 23.1. The van der Waals surface area contributed by atoms with Crippen LogP contribution >= 0.6 is 11.6 Å². The fourth-order valence-electron chi connectivity index (χ4n) is 5.06. The van der Waals surface area contributed by atoms with Gasteiger partial charge < -0.3 is 20.1 Å². The van der Waals surface area contributed by atoms with E-state index in [1.807, 2.05) is 29.2 Å². The first-order chi connectivity index (χ1) is 15.5. The number of halogens is 1. The molecule has 0 aliphatic carbocycles. The molecular formula is C25H35ClN4O2. The molecule has 4 rings (SSSR count). The zero-order chi connectivity index (χ0) is 22.5. The van der Waals surface area contributed by atoms with E-state index in [2.05, 4.69) is 22.1 Å². The number of carbonyl (C=O) groups is 2. The van der Waals surface area contributed by atoms with Gasteiger partial charge >= 0.3 is 0 Å². The molecule has 2 aliphatic heterocycles. The van der Waals surface area contributed by atoms with E-state index in [-0.39, 0.29) is 11.8 Å². The van der Waals surface area contributed by atoms with Crippen LogP contribution in [0.5, 0.6) is 0 Å². The quantitative estimate of drug-likeness (QED) is 0.602. The average Bonchev–Trinajstić information content (AvgIpc) is 3.21. The maximum absolute atomic E-state index is 12.9. The van der Waals surface area contributed by atoms with Crippen LogP contribution in [0.2, 0.25) is 5.02 Å². The monoisotopic (exact) mass is 458 g/mol. The molecule has 3 heterocycles. The number of rotatable bonds is 7. The number of aromatic nitrogens is 1. The highest BCUT2D eigenvalue weighted by Gasteiger charge is 2.26. The van der Waals surface area contributed by atoms with Crippen molar-refractivity contribution in [2.75, 3.05) is 32.7 Å². The summed E-state index contributed by atoms with van der Waals surface area (Å²) in [7, 11) is 0. The predicted octanol–water partition coefficient (Wildman–Crippen LogP) is 4.44. The molecule has 0 saturated carbocycles. The van der Waals surface area contributed by atoms with Gasteiger partial charge in [0, 0.05) is 54.6 Å². The molecule has 32 heavy (non-hydrogen) atoms.